The third kappa shape index (κ3) is 6.14. The molecule has 9 heteroatoms. The highest BCUT2D eigenvalue weighted by atomic mass is 32.2. The Hall–Kier alpha value is -2.78. The average molecular weight is 463 g/mol. The number of hydrogen-bond donors (Lipinski definition) is 1. The normalized spacial score (nSPS) is 13.5. The maximum Gasteiger partial charge on any atom is 0.240 e. The van der Waals surface area contributed by atoms with Crippen LogP contribution in [0.25, 0.3) is 0 Å². The van der Waals surface area contributed by atoms with Crippen LogP contribution >= 0.6 is 0 Å². The molecule has 1 N–H and O–H groups in total. The third-order valence-electron chi connectivity index (χ3n) is 5.21. The average Bonchev–Trinajstić information content (AvgIpc) is 3.63. The van der Waals surface area contributed by atoms with Crippen LogP contribution in [-0.2, 0) is 21.4 Å². The lowest BCUT2D eigenvalue weighted by Gasteiger charge is -2.24. The van der Waals surface area contributed by atoms with E-state index in [2.05, 4.69) is 4.72 Å². The number of ether oxygens (including phenoxy) is 3. The first-order valence-corrected chi connectivity index (χ1v) is 12.1. The molecule has 2 aromatic carbocycles. The van der Waals surface area contributed by atoms with Gasteiger partial charge in [-0.3, -0.25) is 4.79 Å². The second-order valence-electron chi connectivity index (χ2n) is 7.48. The van der Waals surface area contributed by atoms with Crippen LogP contribution in [0.4, 0.5) is 0 Å². The topological polar surface area (TPSA) is 94.2 Å². The van der Waals surface area contributed by atoms with Crippen LogP contribution < -0.4 is 18.9 Å². The van der Waals surface area contributed by atoms with Crippen molar-refractivity contribution in [2.24, 2.45) is 0 Å². The van der Waals surface area contributed by atoms with Gasteiger partial charge in [0, 0.05) is 31.1 Å². The Morgan fingerprint density at radius 2 is 1.75 bits per heavy atom. The highest BCUT2D eigenvalue weighted by Crippen LogP contribution is 2.32. The predicted octanol–water partition coefficient (Wildman–Crippen LogP) is 2.96. The zero-order valence-corrected chi connectivity index (χ0v) is 19.5. The summed E-state index contributed by atoms with van der Waals surface area (Å²) in [5, 5.41) is 0. The van der Waals surface area contributed by atoms with Crippen LogP contribution in [0.1, 0.15) is 31.7 Å². The minimum atomic E-state index is -3.71. The highest BCUT2D eigenvalue weighted by Gasteiger charge is 2.33. The summed E-state index contributed by atoms with van der Waals surface area (Å²) in [5.74, 6) is 1.87. The van der Waals surface area contributed by atoms with Gasteiger partial charge in [0.15, 0.2) is 0 Å². The molecule has 0 radical (unpaired) electrons. The number of sulfonamides is 1. The fraction of sp³-hybridized carbons (Fsp3) is 0.435. The molecule has 0 unspecified atom stereocenters. The van der Waals surface area contributed by atoms with E-state index in [1.807, 2.05) is 19.1 Å². The van der Waals surface area contributed by atoms with Crippen molar-refractivity contribution in [1.29, 1.82) is 0 Å². The van der Waals surface area contributed by atoms with Crippen molar-refractivity contribution in [2.45, 2.75) is 43.7 Å². The van der Waals surface area contributed by atoms with Gasteiger partial charge in [-0.1, -0.05) is 0 Å². The number of nitrogens with one attached hydrogen (secondary N) is 1. The van der Waals surface area contributed by atoms with Gasteiger partial charge < -0.3 is 19.1 Å². The van der Waals surface area contributed by atoms with E-state index in [1.54, 1.807) is 37.3 Å². The minimum Gasteiger partial charge on any atom is -0.497 e. The molecule has 1 aliphatic rings. The smallest absolute Gasteiger partial charge is 0.240 e. The van der Waals surface area contributed by atoms with E-state index in [4.69, 9.17) is 14.2 Å². The van der Waals surface area contributed by atoms with Crippen LogP contribution in [0.5, 0.6) is 17.2 Å². The van der Waals surface area contributed by atoms with E-state index >= 15 is 0 Å². The summed E-state index contributed by atoms with van der Waals surface area (Å²) < 4.78 is 43.7. The van der Waals surface area contributed by atoms with E-state index < -0.39 is 10.0 Å². The highest BCUT2D eigenvalue weighted by molar-refractivity contribution is 7.89. The number of amides is 1. The van der Waals surface area contributed by atoms with Crippen LogP contribution in [0.15, 0.2) is 47.4 Å². The summed E-state index contributed by atoms with van der Waals surface area (Å²) >= 11 is 0. The van der Waals surface area contributed by atoms with Gasteiger partial charge in [-0.05, 0) is 62.2 Å². The molecule has 1 saturated carbocycles. The van der Waals surface area contributed by atoms with Crippen LogP contribution in [0, 0.1) is 0 Å². The van der Waals surface area contributed by atoms with Crippen molar-refractivity contribution >= 4 is 15.9 Å². The molecule has 0 aromatic heterocycles. The van der Waals surface area contributed by atoms with Gasteiger partial charge in [0.1, 0.15) is 17.2 Å². The van der Waals surface area contributed by atoms with Crippen molar-refractivity contribution in [3.05, 3.63) is 48.0 Å². The quantitative estimate of drug-likeness (QED) is 0.521. The molecule has 8 nitrogen and oxygen atoms in total. The fourth-order valence-electron chi connectivity index (χ4n) is 3.40. The van der Waals surface area contributed by atoms with Gasteiger partial charge in [-0.25, -0.2) is 13.1 Å². The Morgan fingerprint density at radius 1 is 1.06 bits per heavy atom. The molecule has 1 fully saturated rings. The van der Waals surface area contributed by atoms with Gasteiger partial charge in [-0.15, -0.1) is 0 Å². The molecule has 1 amide bonds. The van der Waals surface area contributed by atoms with Gasteiger partial charge in [0.05, 0.1) is 25.7 Å². The van der Waals surface area contributed by atoms with Gasteiger partial charge in [0.2, 0.25) is 15.9 Å². The number of carbonyl (C=O) groups excluding carboxylic acids is 1. The number of nitrogens with zero attached hydrogens (tertiary/aromatic N) is 1. The van der Waals surface area contributed by atoms with Crippen LogP contribution in [0.3, 0.4) is 0 Å². The number of carbonyl (C=O) groups is 1. The summed E-state index contributed by atoms with van der Waals surface area (Å²) in [6, 6.07) is 11.8. The lowest BCUT2D eigenvalue weighted by molar-refractivity contribution is -0.132. The second kappa shape index (κ2) is 10.7. The molecule has 0 aliphatic heterocycles. The number of methoxy groups -OCH3 is 2. The molecule has 1 aliphatic carbocycles. The van der Waals surface area contributed by atoms with Gasteiger partial charge in [0.25, 0.3) is 0 Å². The zero-order chi connectivity index (χ0) is 23.1. The van der Waals surface area contributed by atoms with Gasteiger partial charge >= 0.3 is 0 Å². The third-order valence-corrected chi connectivity index (χ3v) is 6.69. The first-order valence-electron chi connectivity index (χ1n) is 10.6. The monoisotopic (exact) mass is 462 g/mol. The number of rotatable bonds is 12. The molecule has 0 saturated heterocycles. The van der Waals surface area contributed by atoms with Crippen molar-refractivity contribution in [2.75, 3.05) is 27.4 Å². The van der Waals surface area contributed by atoms with E-state index in [1.165, 1.54) is 12.1 Å². The van der Waals surface area contributed by atoms with Crippen molar-refractivity contribution in [3.63, 3.8) is 0 Å². The van der Waals surface area contributed by atoms with E-state index in [0.29, 0.717) is 30.4 Å². The molecule has 32 heavy (non-hydrogen) atoms. The Bertz CT molecular complexity index is 1020. The van der Waals surface area contributed by atoms with Crippen LogP contribution in [-0.4, -0.2) is 52.6 Å². The second-order valence-corrected chi connectivity index (χ2v) is 9.25. The maximum atomic E-state index is 12.9. The molecule has 174 valence electrons. The first kappa shape index (κ1) is 23.9. The molecule has 0 heterocycles. The van der Waals surface area contributed by atoms with Crippen LogP contribution in [0.2, 0.25) is 0 Å². The molecule has 2 aromatic rings. The van der Waals surface area contributed by atoms with E-state index in [0.717, 1.165) is 18.4 Å². The predicted molar refractivity (Wildman–Crippen MR) is 121 cm³/mol. The maximum absolute atomic E-state index is 12.9. The van der Waals surface area contributed by atoms with E-state index in [9.17, 15) is 13.2 Å². The van der Waals surface area contributed by atoms with Gasteiger partial charge in [-0.2, -0.15) is 0 Å². The number of hydrogen-bond acceptors (Lipinski definition) is 6. The molecule has 3 rings (SSSR count). The Balaban J connectivity index is 1.61. The van der Waals surface area contributed by atoms with E-state index in [-0.39, 0.29) is 29.8 Å². The lowest BCUT2D eigenvalue weighted by atomic mass is 10.1. The number of benzene rings is 2. The minimum absolute atomic E-state index is 0.0207. The summed E-state index contributed by atoms with van der Waals surface area (Å²) in [4.78, 5) is 14.9. The SMILES string of the molecule is CCOc1ccc(S(=O)(=O)NCCC(=O)N(Cc2cc(OC)ccc2OC)C2CC2)cc1. The molecular formula is C23H30N2O6S. The largest absolute Gasteiger partial charge is 0.497 e. The van der Waals surface area contributed by atoms with Crippen molar-refractivity contribution in [1.82, 2.24) is 9.62 Å². The fourth-order valence-corrected chi connectivity index (χ4v) is 4.43. The summed E-state index contributed by atoms with van der Waals surface area (Å²) in [7, 11) is -0.533. The first-order chi connectivity index (χ1) is 15.4. The zero-order valence-electron chi connectivity index (χ0n) is 18.7. The lowest BCUT2D eigenvalue weighted by Crippen LogP contribution is -2.35. The Labute approximate surface area is 189 Å². The summed E-state index contributed by atoms with van der Waals surface area (Å²) in [6.45, 7) is 2.77. The molecule has 0 spiro atoms. The Morgan fingerprint density at radius 3 is 2.34 bits per heavy atom. The summed E-state index contributed by atoms with van der Waals surface area (Å²) in [6.07, 6.45) is 1.95. The molecule has 0 bridgehead atoms. The van der Waals surface area contributed by atoms with Crippen molar-refractivity contribution in [3.8, 4) is 17.2 Å². The van der Waals surface area contributed by atoms with Crippen molar-refractivity contribution < 1.29 is 27.4 Å². The summed E-state index contributed by atoms with van der Waals surface area (Å²) in [5.41, 5.74) is 0.849. The molecular weight excluding hydrogens is 432 g/mol. The molecule has 0 atom stereocenters. The standard InChI is InChI=1S/C23H30N2O6S/c1-4-31-19-7-10-21(11-8-19)32(27,28)24-14-13-23(26)25(18-5-6-18)16-17-15-20(29-2)9-12-22(17)30-3/h7-12,15,18,24H,4-6,13-14,16H2,1-3H3. The Kier molecular flexibility index (Phi) is 7.98.